The van der Waals surface area contributed by atoms with E-state index in [0.717, 1.165) is 24.0 Å². The van der Waals surface area contributed by atoms with Gasteiger partial charge >= 0.3 is 5.97 Å². The largest absolute Gasteiger partial charge is 0.508 e. The molecule has 0 amide bonds. The molecule has 1 fully saturated rings. The maximum absolute atomic E-state index is 11.4. The van der Waals surface area contributed by atoms with E-state index in [4.69, 9.17) is 0 Å². The molecular weight excluding hydrogens is 204 g/mol. The van der Waals surface area contributed by atoms with Crippen LogP contribution in [0.3, 0.4) is 0 Å². The lowest BCUT2D eigenvalue weighted by atomic mass is 9.78. The van der Waals surface area contributed by atoms with Crippen LogP contribution in [0.1, 0.15) is 36.8 Å². The fourth-order valence-corrected chi connectivity index (χ4v) is 2.51. The fourth-order valence-electron chi connectivity index (χ4n) is 2.51. The van der Waals surface area contributed by atoms with Crippen LogP contribution >= 0.6 is 0 Å². The van der Waals surface area contributed by atoms with E-state index in [-0.39, 0.29) is 5.75 Å². The number of carbonyl (C=O) groups is 1. The van der Waals surface area contributed by atoms with Gasteiger partial charge in [-0.15, -0.1) is 0 Å². The third-order valence-corrected chi connectivity index (χ3v) is 3.63. The van der Waals surface area contributed by atoms with E-state index >= 15 is 0 Å². The minimum Gasteiger partial charge on any atom is -0.508 e. The van der Waals surface area contributed by atoms with E-state index < -0.39 is 11.4 Å². The second-order valence-corrected chi connectivity index (χ2v) is 4.60. The molecule has 0 radical (unpaired) electrons. The fraction of sp³-hybridized carbons (Fsp3) is 0.462. The Labute approximate surface area is 94.7 Å². The van der Waals surface area contributed by atoms with Crippen LogP contribution in [0.15, 0.2) is 18.2 Å². The van der Waals surface area contributed by atoms with Crippen LogP contribution in [-0.2, 0) is 10.2 Å². The molecule has 1 aliphatic rings. The number of benzene rings is 1. The first-order valence-electron chi connectivity index (χ1n) is 5.60. The summed E-state index contributed by atoms with van der Waals surface area (Å²) in [6.07, 6.45) is 3.23. The van der Waals surface area contributed by atoms with Crippen molar-refractivity contribution >= 4 is 5.97 Å². The van der Waals surface area contributed by atoms with Crippen molar-refractivity contribution in [3.63, 3.8) is 0 Å². The van der Waals surface area contributed by atoms with E-state index in [1.165, 1.54) is 0 Å². The Bertz CT molecular complexity index is 417. The zero-order valence-corrected chi connectivity index (χ0v) is 9.36. The molecule has 16 heavy (non-hydrogen) atoms. The van der Waals surface area contributed by atoms with Gasteiger partial charge in [-0.2, -0.15) is 0 Å². The topological polar surface area (TPSA) is 57.5 Å². The standard InChI is InChI=1S/C13H16O3/c1-9-4-5-10(8-11(9)14)13(12(15)16)6-2-3-7-13/h4-5,8,14H,2-3,6-7H2,1H3,(H,15,16). The Morgan fingerprint density at radius 3 is 2.44 bits per heavy atom. The van der Waals surface area contributed by atoms with E-state index in [0.29, 0.717) is 12.8 Å². The van der Waals surface area contributed by atoms with Gasteiger partial charge in [0, 0.05) is 0 Å². The van der Waals surface area contributed by atoms with Crippen LogP contribution in [0.5, 0.6) is 5.75 Å². The number of hydrogen-bond donors (Lipinski definition) is 2. The third-order valence-electron chi connectivity index (χ3n) is 3.63. The summed E-state index contributed by atoms with van der Waals surface area (Å²) in [6, 6.07) is 5.22. The van der Waals surface area contributed by atoms with Gasteiger partial charge in [-0.3, -0.25) is 4.79 Å². The Balaban J connectivity index is 2.47. The number of hydrogen-bond acceptors (Lipinski definition) is 2. The minimum atomic E-state index is -0.773. The number of carboxylic acids is 1. The van der Waals surface area contributed by atoms with E-state index in [1.807, 2.05) is 6.07 Å². The smallest absolute Gasteiger partial charge is 0.314 e. The molecule has 86 valence electrons. The molecule has 0 bridgehead atoms. The van der Waals surface area contributed by atoms with E-state index in [9.17, 15) is 15.0 Å². The quantitative estimate of drug-likeness (QED) is 0.805. The normalized spacial score (nSPS) is 18.6. The first-order chi connectivity index (χ1) is 7.56. The van der Waals surface area contributed by atoms with Crippen LogP contribution in [0.2, 0.25) is 0 Å². The van der Waals surface area contributed by atoms with Gasteiger partial charge in [0.2, 0.25) is 0 Å². The van der Waals surface area contributed by atoms with Gasteiger partial charge in [0.05, 0.1) is 5.41 Å². The van der Waals surface area contributed by atoms with Crippen LogP contribution in [0.25, 0.3) is 0 Å². The highest BCUT2D eigenvalue weighted by Crippen LogP contribution is 2.42. The van der Waals surface area contributed by atoms with Gasteiger partial charge in [0.1, 0.15) is 5.75 Å². The molecule has 2 N–H and O–H groups in total. The number of aromatic hydroxyl groups is 1. The summed E-state index contributed by atoms with van der Waals surface area (Å²) in [6.45, 7) is 1.81. The summed E-state index contributed by atoms with van der Waals surface area (Å²) in [7, 11) is 0. The van der Waals surface area contributed by atoms with Crippen molar-refractivity contribution in [3.05, 3.63) is 29.3 Å². The highest BCUT2D eigenvalue weighted by atomic mass is 16.4. The zero-order valence-electron chi connectivity index (χ0n) is 9.36. The molecule has 0 saturated heterocycles. The predicted octanol–water partition coefficient (Wildman–Crippen LogP) is 2.60. The van der Waals surface area contributed by atoms with Gasteiger partial charge in [-0.05, 0) is 37.0 Å². The molecule has 0 spiro atoms. The van der Waals surface area contributed by atoms with Crippen molar-refractivity contribution in [1.82, 2.24) is 0 Å². The number of phenols is 1. The van der Waals surface area contributed by atoms with E-state index in [1.54, 1.807) is 19.1 Å². The van der Waals surface area contributed by atoms with Crippen LogP contribution < -0.4 is 0 Å². The van der Waals surface area contributed by atoms with Gasteiger partial charge < -0.3 is 10.2 Å². The van der Waals surface area contributed by atoms with Gasteiger partial charge in [-0.25, -0.2) is 0 Å². The molecule has 0 aliphatic heterocycles. The maximum Gasteiger partial charge on any atom is 0.314 e. The van der Waals surface area contributed by atoms with Crippen molar-refractivity contribution in [2.75, 3.05) is 0 Å². The molecule has 0 unspecified atom stereocenters. The Morgan fingerprint density at radius 1 is 1.31 bits per heavy atom. The van der Waals surface area contributed by atoms with Crippen molar-refractivity contribution in [2.24, 2.45) is 0 Å². The summed E-state index contributed by atoms with van der Waals surface area (Å²) < 4.78 is 0. The summed E-state index contributed by atoms with van der Waals surface area (Å²) in [5.41, 5.74) is 0.744. The first-order valence-corrected chi connectivity index (χ1v) is 5.60. The molecule has 0 heterocycles. The van der Waals surface area contributed by atoms with Crippen molar-refractivity contribution in [2.45, 2.75) is 38.0 Å². The van der Waals surface area contributed by atoms with Gasteiger partial charge in [0.25, 0.3) is 0 Å². The minimum absolute atomic E-state index is 0.185. The molecular formula is C13H16O3. The average Bonchev–Trinajstić information content (AvgIpc) is 2.72. The molecule has 0 atom stereocenters. The summed E-state index contributed by atoms with van der Waals surface area (Å²) in [5.74, 6) is -0.585. The third kappa shape index (κ3) is 1.56. The molecule has 2 rings (SSSR count). The average molecular weight is 220 g/mol. The highest BCUT2D eigenvalue weighted by molar-refractivity contribution is 5.82. The number of carboxylic acid groups (broad SMARTS) is 1. The molecule has 1 saturated carbocycles. The lowest BCUT2D eigenvalue weighted by molar-refractivity contribution is -0.143. The van der Waals surface area contributed by atoms with Crippen molar-refractivity contribution < 1.29 is 15.0 Å². The summed E-state index contributed by atoms with van der Waals surface area (Å²) in [4.78, 5) is 11.4. The molecule has 3 nitrogen and oxygen atoms in total. The summed E-state index contributed by atoms with van der Waals surface area (Å²) >= 11 is 0. The summed E-state index contributed by atoms with van der Waals surface area (Å²) in [5, 5.41) is 19.1. The monoisotopic (exact) mass is 220 g/mol. The van der Waals surface area contributed by atoms with Gasteiger partial charge in [-0.1, -0.05) is 25.0 Å². The van der Waals surface area contributed by atoms with Crippen molar-refractivity contribution in [3.8, 4) is 5.75 Å². The highest BCUT2D eigenvalue weighted by Gasteiger charge is 2.43. The van der Waals surface area contributed by atoms with Crippen LogP contribution in [-0.4, -0.2) is 16.2 Å². The lowest BCUT2D eigenvalue weighted by Gasteiger charge is -2.24. The molecule has 1 aliphatic carbocycles. The SMILES string of the molecule is Cc1ccc(C2(C(=O)O)CCCC2)cc1O. The lowest BCUT2D eigenvalue weighted by Crippen LogP contribution is -2.32. The first kappa shape index (κ1) is 11.0. The second-order valence-electron chi connectivity index (χ2n) is 4.60. The Kier molecular flexibility index (Phi) is 2.62. The number of aliphatic carboxylic acids is 1. The number of phenolic OH excluding ortho intramolecular Hbond substituents is 1. The molecule has 1 aromatic carbocycles. The Hall–Kier alpha value is -1.51. The van der Waals surface area contributed by atoms with Crippen molar-refractivity contribution in [1.29, 1.82) is 0 Å². The van der Waals surface area contributed by atoms with Crippen LogP contribution in [0, 0.1) is 6.92 Å². The molecule has 1 aromatic rings. The Morgan fingerprint density at radius 2 is 1.94 bits per heavy atom. The zero-order chi connectivity index (χ0) is 11.8. The predicted molar refractivity (Wildman–Crippen MR) is 60.6 cm³/mol. The van der Waals surface area contributed by atoms with E-state index in [2.05, 4.69) is 0 Å². The maximum atomic E-state index is 11.4. The molecule has 0 aromatic heterocycles. The number of rotatable bonds is 2. The van der Waals surface area contributed by atoms with Crippen LogP contribution in [0.4, 0.5) is 0 Å². The second kappa shape index (κ2) is 3.81. The number of aryl methyl sites for hydroxylation is 1. The molecule has 3 heteroatoms. The van der Waals surface area contributed by atoms with Gasteiger partial charge in [0.15, 0.2) is 0 Å².